The van der Waals surface area contributed by atoms with E-state index in [9.17, 15) is 14.9 Å². The molecular weight excluding hydrogens is 378 g/mol. The molecule has 154 valence electrons. The van der Waals surface area contributed by atoms with Crippen LogP contribution in [0.5, 0.6) is 11.6 Å². The van der Waals surface area contributed by atoms with Crippen LogP contribution in [0.4, 0.5) is 11.5 Å². The number of benzene rings is 1. The fourth-order valence-electron chi connectivity index (χ4n) is 3.29. The monoisotopic (exact) mass is 401 g/mol. The first-order valence-electron chi connectivity index (χ1n) is 9.17. The Morgan fingerprint density at radius 1 is 1.24 bits per heavy atom. The van der Waals surface area contributed by atoms with E-state index in [1.165, 1.54) is 37.7 Å². The van der Waals surface area contributed by atoms with E-state index in [1.807, 2.05) is 4.90 Å². The van der Waals surface area contributed by atoms with Crippen LogP contribution in [0.3, 0.4) is 0 Å². The Labute approximate surface area is 168 Å². The number of nitrogens with zero attached hydrogens (tertiary/aromatic N) is 5. The Kier molecular flexibility index (Phi) is 6.23. The fraction of sp³-hybridized carbons (Fsp3) is 0.421. The standard InChI is InChI=1S/C19H23N5O5/c1-22-10-8-14(9-11-22)23(2)17-16(24(26)27)18(21-12-20-17)29-15-6-4-13(5-7-15)19(25)28-3/h4-7,12,14H,8-11H2,1-3H3. The number of aromatic nitrogens is 2. The summed E-state index contributed by atoms with van der Waals surface area (Å²) in [5.74, 6) is -0.0923. The summed E-state index contributed by atoms with van der Waals surface area (Å²) < 4.78 is 10.3. The molecule has 1 aliphatic rings. The molecule has 0 radical (unpaired) electrons. The van der Waals surface area contributed by atoms with Gasteiger partial charge in [0.1, 0.15) is 12.1 Å². The molecule has 0 N–H and O–H groups in total. The van der Waals surface area contributed by atoms with Gasteiger partial charge in [-0.3, -0.25) is 10.1 Å². The maximum absolute atomic E-state index is 11.8. The predicted molar refractivity (Wildman–Crippen MR) is 105 cm³/mol. The molecule has 0 spiro atoms. The van der Waals surface area contributed by atoms with Gasteiger partial charge in [-0.15, -0.1) is 0 Å². The van der Waals surface area contributed by atoms with E-state index in [2.05, 4.69) is 26.7 Å². The average Bonchev–Trinajstić information content (AvgIpc) is 2.73. The van der Waals surface area contributed by atoms with Crippen LogP contribution in [0, 0.1) is 10.1 Å². The van der Waals surface area contributed by atoms with Crippen LogP contribution in [0.2, 0.25) is 0 Å². The maximum Gasteiger partial charge on any atom is 0.373 e. The van der Waals surface area contributed by atoms with E-state index in [0.717, 1.165) is 25.9 Å². The fourth-order valence-corrected chi connectivity index (χ4v) is 3.29. The molecule has 1 aliphatic heterocycles. The topological polar surface area (TPSA) is 111 Å². The molecule has 0 atom stereocenters. The van der Waals surface area contributed by atoms with Gasteiger partial charge in [0.25, 0.3) is 0 Å². The van der Waals surface area contributed by atoms with Gasteiger partial charge in [0.2, 0.25) is 5.82 Å². The van der Waals surface area contributed by atoms with Crippen molar-refractivity contribution in [3.63, 3.8) is 0 Å². The van der Waals surface area contributed by atoms with Gasteiger partial charge < -0.3 is 19.3 Å². The third kappa shape index (κ3) is 4.60. The second kappa shape index (κ2) is 8.82. The van der Waals surface area contributed by atoms with Crippen LogP contribution < -0.4 is 9.64 Å². The highest BCUT2D eigenvalue weighted by atomic mass is 16.6. The first kappa shape index (κ1) is 20.5. The average molecular weight is 401 g/mol. The van der Waals surface area contributed by atoms with Crippen molar-refractivity contribution in [1.82, 2.24) is 14.9 Å². The van der Waals surface area contributed by atoms with Crippen molar-refractivity contribution in [1.29, 1.82) is 0 Å². The number of nitro groups is 1. The van der Waals surface area contributed by atoms with Crippen LogP contribution >= 0.6 is 0 Å². The molecule has 1 aromatic heterocycles. The second-order valence-corrected chi connectivity index (χ2v) is 6.87. The Hall–Kier alpha value is -3.27. The first-order valence-corrected chi connectivity index (χ1v) is 9.17. The number of carbonyl (C=O) groups is 1. The molecule has 1 fully saturated rings. The Morgan fingerprint density at radius 3 is 2.48 bits per heavy atom. The number of piperidine rings is 1. The van der Waals surface area contributed by atoms with Crippen LogP contribution in [0.1, 0.15) is 23.2 Å². The zero-order valence-electron chi connectivity index (χ0n) is 16.6. The minimum Gasteiger partial charge on any atom is -0.465 e. The first-order chi connectivity index (χ1) is 13.9. The quantitative estimate of drug-likeness (QED) is 0.409. The molecule has 29 heavy (non-hydrogen) atoms. The van der Waals surface area contributed by atoms with E-state index < -0.39 is 10.9 Å². The largest absolute Gasteiger partial charge is 0.465 e. The van der Waals surface area contributed by atoms with Crippen molar-refractivity contribution in [2.45, 2.75) is 18.9 Å². The smallest absolute Gasteiger partial charge is 0.373 e. The van der Waals surface area contributed by atoms with Crippen LogP contribution in [-0.4, -0.2) is 66.1 Å². The lowest BCUT2D eigenvalue weighted by Crippen LogP contribution is -2.42. The molecular formula is C19H23N5O5. The van der Waals surface area contributed by atoms with E-state index in [4.69, 9.17) is 4.74 Å². The zero-order valence-corrected chi connectivity index (χ0v) is 16.6. The Balaban J connectivity index is 1.87. The van der Waals surface area contributed by atoms with Crippen LogP contribution in [0.25, 0.3) is 0 Å². The lowest BCUT2D eigenvalue weighted by molar-refractivity contribution is -0.385. The number of hydrogen-bond acceptors (Lipinski definition) is 9. The van der Waals surface area contributed by atoms with E-state index >= 15 is 0 Å². The van der Waals surface area contributed by atoms with Gasteiger partial charge >= 0.3 is 17.5 Å². The van der Waals surface area contributed by atoms with Crippen molar-refractivity contribution in [3.8, 4) is 11.6 Å². The highest BCUT2D eigenvalue weighted by Gasteiger charge is 2.31. The molecule has 0 bridgehead atoms. The second-order valence-electron chi connectivity index (χ2n) is 6.87. The van der Waals surface area contributed by atoms with Gasteiger partial charge in [-0.1, -0.05) is 0 Å². The van der Waals surface area contributed by atoms with E-state index in [-0.39, 0.29) is 23.4 Å². The molecule has 2 heterocycles. The van der Waals surface area contributed by atoms with E-state index in [0.29, 0.717) is 11.3 Å². The van der Waals surface area contributed by atoms with Crippen LogP contribution in [0.15, 0.2) is 30.6 Å². The van der Waals surface area contributed by atoms with Crippen LogP contribution in [-0.2, 0) is 4.74 Å². The van der Waals surface area contributed by atoms with Crippen molar-refractivity contribution >= 4 is 17.5 Å². The molecule has 0 amide bonds. The van der Waals surface area contributed by atoms with Crippen molar-refractivity contribution in [2.75, 3.05) is 39.2 Å². The summed E-state index contributed by atoms with van der Waals surface area (Å²) in [7, 11) is 5.15. The number of esters is 1. The minimum atomic E-state index is -0.529. The summed E-state index contributed by atoms with van der Waals surface area (Å²) in [6, 6.07) is 6.23. The zero-order chi connectivity index (χ0) is 21.0. The lowest BCUT2D eigenvalue weighted by Gasteiger charge is -2.35. The minimum absolute atomic E-state index is 0.145. The summed E-state index contributed by atoms with van der Waals surface area (Å²) in [5, 5.41) is 11.8. The van der Waals surface area contributed by atoms with Gasteiger partial charge in [0.15, 0.2) is 0 Å². The van der Waals surface area contributed by atoms with Crippen molar-refractivity contribution < 1.29 is 19.2 Å². The summed E-state index contributed by atoms with van der Waals surface area (Å²) in [5.41, 5.74) is 0.0608. The highest BCUT2D eigenvalue weighted by molar-refractivity contribution is 5.89. The molecule has 0 saturated carbocycles. The maximum atomic E-state index is 11.8. The molecule has 1 saturated heterocycles. The number of likely N-dealkylation sites (tertiary alicyclic amines) is 1. The molecule has 2 aromatic rings. The highest BCUT2D eigenvalue weighted by Crippen LogP contribution is 2.37. The predicted octanol–water partition coefficient (Wildman–Crippen LogP) is 2.49. The SMILES string of the molecule is COC(=O)c1ccc(Oc2ncnc(N(C)C3CCN(C)CC3)c2[N+](=O)[O-])cc1. The number of methoxy groups -OCH3 is 1. The van der Waals surface area contributed by atoms with Gasteiger partial charge in [-0.2, -0.15) is 4.98 Å². The molecule has 0 aliphatic carbocycles. The normalized spacial score (nSPS) is 15.0. The van der Waals surface area contributed by atoms with Crippen molar-refractivity contribution in [2.24, 2.45) is 0 Å². The van der Waals surface area contributed by atoms with Gasteiger partial charge in [-0.25, -0.2) is 9.78 Å². The molecule has 10 heteroatoms. The summed E-state index contributed by atoms with van der Waals surface area (Å²) in [6.07, 6.45) is 3.03. The number of rotatable bonds is 6. The number of carbonyl (C=O) groups excluding carboxylic acids is 1. The molecule has 10 nitrogen and oxygen atoms in total. The third-order valence-electron chi connectivity index (χ3n) is 5.01. The number of ether oxygens (including phenoxy) is 2. The molecule has 3 rings (SSSR count). The van der Waals surface area contributed by atoms with E-state index in [1.54, 1.807) is 7.05 Å². The number of hydrogen-bond donors (Lipinski definition) is 0. The summed E-state index contributed by atoms with van der Waals surface area (Å²) in [4.78, 5) is 35.0. The van der Waals surface area contributed by atoms with Crippen molar-refractivity contribution in [3.05, 3.63) is 46.3 Å². The summed E-state index contributed by atoms with van der Waals surface area (Å²) in [6.45, 7) is 1.84. The van der Waals surface area contributed by atoms with Gasteiger partial charge in [-0.05, 0) is 57.2 Å². The summed E-state index contributed by atoms with van der Waals surface area (Å²) >= 11 is 0. The van der Waals surface area contributed by atoms with Gasteiger partial charge in [0, 0.05) is 13.1 Å². The van der Waals surface area contributed by atoms with Gasteiger partial charge in [0.05, 0.1) is 17.6 Å². The Morgan fingerprint density at radius 2 is 1.90 bits per heavy atom. The third-order valence-corrected chi connectivity index (χ3v) is 5.01. The Bertz CT molecular complexity index is 881. The lowest BCUT2D eigenvalue weighted by atomic mass is 10.0. The molecule has 1 aromatic carbocycles. The number of anilines is 1. The molecule has 0 unspecified atom stereocenters.